The van der Waals surface area contributed by atoms with Crippen molar-refractivity contribution >= 4 is 27.5 Å². The number of sulfonamides is 1. The number of morpholine rings is 1. The van der Waals surface area contributed by atoms with Gasteiger partial charge in [0.25, 0.3) is 0 Å². The molecule has 58 heavy (non-hydrogen) atoms. The molecule has 0 bridgehead atoms. The molecule has 6 heterocycles. The van der Waals surface area contributed by atoms with E-state index in [-0.39, 0.29) is 29.7 Å². The molecule has 0 saturated carbocycles. The maximum Gasteiger partial charge on any atom is 0.452 e. The Kier molecular flexibility index (Phi) is 11.4. The molecule has 2 saturated heterocycles. The Morgan fingerprint density at radius 2 is 1.69 bits per heavy atom. The van der Waals surface area contributed by atoms with E-state index in [9.17, 15) is 31.5 Å². The summed E-state index contributed by atoms with van der Waals surface area (Å²) in [5, 5.41) is 21.3. The summed E-state index contributed by atoms with van der Waals surface area (Å²) in [5.74, 6) is -2.48. The minimum absolute atomic E-state index is 0.0110. The number of ether oxygens (including phenoxy) is 2. The van der Waals surface area contributed by atoms with Gasteiger partial charge in [-0.15, -0.1) is 10.2 Å². The number of aryl methyl sites for hydroxylation is 3. The highest BCUT2D eigenvalue weighted by Crippen LogP contribution is 2.45. The zero-order valence-corrected chi connectivity index (χ0v) is 34.6. The highest BCUT2D eigenvalue weighted by atomic mass is 32.2. The van der Waals surface area contributed by atoms with Crippen LogP contribution in [0.1, 0.15) is 84.4 Å². The molecule has 2 N–H and O–H groups in total. The molecule has 1 unspecified atom stereocenters. The Hall–Kier alpha value is -4.16. The van der Waals surface area contributed by atoms with Gasteiger partial charge in [0.2, 0.25) is 15.8 Å². The molecule has 0 radical (unpaired) electrons. The fourth-order valence-corrected chi connectivity index (χ4v) is 10.6. The van der Waals surface area contributed by atoms with Crippen molar-refractivity contribution in [1.82, 2.24) is 28.8 Å². The van der Waals surface area contributed by atoms with E-state index < -0.39 is 44.7 Å². The Morgan fingerprint density at radius 3 is 2.36 bits per heavy atom. The molecule has 0 amide bonds. The Balaban J connectivity index is 1.27. The van der Waals surface area contributed by atoms with Crippen molar-refractivity contribution in [3.63, 3.8) is 0 Å². The normalized spacial score (nSPS) is 20.1. The van der Waals surface area contributed by atoms with Gasteiger partial charge in [0.1, 0.15) is 10.7 Å². The minimum Gasteiger partial charge on any atom is -0.481 e. The molecule has 0 aliphatic carbocycles. The second-order valence-electron chi connectivity index (χ2n) is 16.9. The fraction of sp³-hybridized carbons (Fsp3) is 0.561. The van der Waals surface area contributed by atoms with Crippen LogP contribution in [-0.4, -0.2) is 107 Å². The van der Waals surface area contributed by atoms with E-state index in [4.69, 9.17) is 14.5 Å². The first kappa shape index (κ1) is 42.0. The van der Waals surface area contributed by atoms with Crippen LogP contribution in [0, 0.1) is 31.6 Å². The number of hydrogen-bond acceptors (Lipinski definition) is 10. The van der Waals surface area contributed by atoms with Gasteiger partial charge in [-0.3, -0.25) is 14.1 Å². The highest BCUT2D eigenvalue weighted by molar-refractivity contribution is 7.89. The molecule has 17 heteroatoms. The van der Waals surface area contributed by atoms with Gasteiger partial charge >= 0.3 is 12.1 Å². The number of carbonyl (C=O) groups is 1. The van der Waals surface area contributed by atoms with Crippen molar-refractivity contribution in [3.05, 3.63) is 81.4 Å². The largest absolute Gasteiger partial charge is 0.481 e. The average Bonchev–Trinajstić information content (AvgIpc) is 3.59. The van der Waals surface area contributed by atoms with Gasteiger partial charge in [0, 0.05) is 64.1 Å². The Bertz CT molecular complexity index is 2300. The molecule has 13 nitrogen and oxygen atoms in total. The summed E-state index contributed by atoms with van der Waals surface area (Å²) < 4.78 is 84.7. The van der Waals surface area contributed by atoms with Crippen LogP contribution in [0.4, 0.5) is 19.0 Å². The lowest BCUT2D eigenvalue weighted by atomic mass is 9.70. The van der Waals surface area contributed by atoms with Crippen LogP contribution in [0.15, 0.2) is 41.4 Å². The maximum atomic E-state index is 14.9. The topological polar surface area (TPSA) is 151 Å². The van der Waals surface area contributed by atoms with E-state index in [0.717, 1.165) is 35.2 Å². The lowest BCUT2D eigenvalue weighted by molar-refractivity contribution is -0.147. The molecule has 2 fully saturated rings. The van der Waals surface area contributed by atoms with Crippen molar-refractivity contribution in [2.24, 2.45) is 10.8 Å². The van der Waals surface area contributed by atoms with Crippen molar-refractivity contribution in [3.8, 4) is 0 Å². The SMILES string of the molecule is Cc1ccc([C@H](c2ccn3c(C(F)(F)F)nnc3c2C)C(C)(C)C(=O)O)cc1CN1CC2(CCOCC2)Cc2nc(NC(C)CN3CCOCC3)c(C)cc2S1(=O)=O. The summed E-state index contributed by atoms with van der Waals surface area (Å²) in [6, 6.07) is 8.76. The van der Waals surface area contributed by atoms with Gasteiger partial charge in [-0.2, -0.15) is 17.5 Å². The number of hydrogen-bond donors (Lipinski definition) is 2. The molecule has 3 aliphatic heterocycles. The Labute approximate surface area is 337 Å². The third-order valence-electron chi connectivity index (χ3n) is 12.3. The third-order valence-corrected chi connectivity index (χ3v) is 14.1. The summed E-state index contributed by atoms with van der Waals surface area (Å²) in [7, 11) is -4.09. The van der Waals surface area contributed by atoms with Crippen LogP contribution in [0.2, 0.25) is 0 Å². The van der Waals surface area contributed by atoms with Gasteiger partial charge in [-0.05, 0) is 112 Å². The van der Waals surface area contributed by atoms with E-state index >= 15 is 0 Å². The number of fused-ring (bicyclic) bond motifs is 2. The molecule has 3 aromatic heterocycles. The molecular formula is C41H52F3N7O6S. The number of aromatic nitrogens is 4. The van der Waals surface area contributed by atoms with Crippen LogP contribution >= 0.6 is 0 Å². The number of nitrogens with one attached hydrogen (secondary N) is 1. The highest BCUT2D eigenvalue weighted by Gasteiger charge is 2.45. The quantitative estimate of drug-likeness (QED) is 0.194. The average molecular weight is 828 g/mol. The Morgan fingerprint density at radius 1 is 1.00 bits per heavy atom. The van der Waals surface area contributed by atoms with Crippen molar-refractivity contribution < 1.29 is 41.0 Å². The summed E-state index contributed by atoms with van der Waals surface area (Å²) >= 11 is 0. The van der Waals surface area contributed by atoms with Crippen molar-refractivity contribution in [1.29, 1.82) is 0 Å². The maximum absolute atomic E-state index is 14.9. The van der Waals surface area contributed by atoms with E-state index in [0.29, 0.717) is 79.5 Å². The minimum atomic E-state index is -4.74. The predicted octanol–water partition coefficient (Wildman–Crippen LogP) is 5.99. The van der Waals surface area contributed by atoms with Crippen molar-refractivity contribution in [2.45, 2.75) is 90.4 Å². The zero-order valence-electron chi connectivity index (χ0n) is 33.8. The smallest absolute Gasteiger partial charge is 0.452 e. The van der Waals surface area contributed by atoms with Crippen LogP contribution in [0.5, 0.6) is 0 Å². The lowest BCUT2D eigenvalue weighted by Gasteiger charge is -2.38. The van der Waals surface area contributed by atoms with Gasteiger partial charge in [0.15, 0.2) is 5.65 Å². The van der Waals surface area contributed by atoms with Gasteiger partial charge < -0.3 is 19.9 Å². The number of halogens is 3. The summed E-state index contributed by atoms with van der Waals surface area (Å²) in [5.41, 5.74) is 2.21. The first-order chi connectivity index (χ1) is 27.3. The fourth-order valence-electron chi connectivity index (χ4n) is 8.81. The zero-order chi connectivity index (χ0) is 41.8. The van der Waals surface area contributed by atoms with Crippen LogP contribution < -0.4 is 5.32 Å². The second kappa shape index (κ2) is 15.8. The summed E-state index contributed by atoms with van der Waals surface area (Å²) in [4.78, 5) is 20.5. The number of aliphatic carboxylic acids is 1. The van der Waals surface area contributed by atoms with Gasteiger partial charge in [-0.1, -0.05) is 18.2 Å². The third kappa shape index (κ3) is 8.07. The summed E-state index contributed by atoms with van der Waals surface area (Å²) in [6.45, 7) is 15.7. The molecular weight excluding hydrogens is 776 g/mol. The first-order valence-corrected chi connectivity index (χ1v) is 21.1. The number of pyridine rings is 2. The molecule has 4 aromatic rings. The molecule has 1 aromatic carbocycles. The van der Waals surface area contributed by atoms with Crippen LogP contribution in [-0.2, 0) is 43.4 Å². The molecule has 314 valence electrons. The number of carboxylic acids is 1. The number of alkyl halides is 3. The van der Waals surface area contributed by atoms with E-state index in [1.165, 1.54) is 16.6 Å². The number of rotatable bonds is 10. The molecule has 3 aliphatic rings. The number of anilines is 1. The predicted molar refractivity (Wildman–Crippen MR) is 210 cm³/mol. The number of benzene rings is 1. The molecule has 1 spiro atoms. The first-order valence-electron chi connectivity index (χ1n) is 19.7. The molecule has 2 atom stereocenters. The molecule has 7 rings (SSSR count). The van der Waals surface area contributed by atoms with Crippen LogP contribution in [0.3, 0.4) is 0 Å². The van der Waals surface area contributed by atoms with Crippen LogP contribution in [0.25, 0.3) is 5.65 Å². The second-order valence-corrected chi connectivity index (χ2v) is 18.8. The standard InChI is InChI=1S/C41H52F3N7O6S/c1-25-7-8-29(34(39(5,6)38(52)53)31-9-12-51-36(28(31)4)47-48-37(51)41(42,43)44)20-30(25)23-50-24-40(10-15-56-16-11-40)21-32-33(58(50,54)55)19-26(2)35(46-32)45-27(3)22-49-13-17-57-18-14-49/h7-9,12,19-20,27,34H,10-11,13-18,21-24H2,1-6H3,(H,45,46)(H,52,53)/t27?,34-/m1/s1. The number of carboxylic acid groups (broad SMARTS) is 1. The monoisotopic (exact) mass is 827 g/mol. The van der Waals surface area contributed by atoms with E-state index in [2.05, 4.69) is 27.3 Å². The summed E-state index contributed by atoms with van der Waals surface area (Å²) in [6.07, 6.45) is -1.76. The van der Waals surface area contributed by atoms with E-state index in [1.54, 1.807) is 32.9 Å². The lowest BCUT2D eigenvalue weighted by Crippen LogP contribution is -2.43. The van der Waals surface area contributed by atoms with Crippen molar-refractivity contribution in [2.75, 3.05) is 57.9 Å². The number of nitrogens with zero attached hydrogens (tertiary/aromatic N) is 6. The van der Waals surface area contributed by atoms with E-state index in [1.807, 2.05) is 26.0 Å². The van der Waals surface area contributed by atoms with Gasteiger partial charge in [-0.25, -0.2) is 13.4 Å². The van der Waals surface area contributed by atoms with Gasteiger partial charge in [0.05, 0.1) is 24.3 Å².